The number of hydrogen-bond acceptors (Lipinski definition) is 3. The van der Waals surface area contributed by atoms with Gasteiger partial charge in [0.2, 0.25) is 4.87 Å². The number of halogens is 2. The molecule has 0 N–H and O–H groups in total. The highest BCUT2D eigenvalue weighted by Crippen LogP contribution is 2.42. The highest BCUT2D eigenvalue weighted by Gasteiger charge is 2.49. The van der Waals surface area contributed by atoms with Crippen molar-refractivity contribution in [3.63, 3.8) is 0 Å². The van der Waals surface area contributed by atoms with Crippen LogP contribution in [0.2, 0.25) is 0 Å². The normalized spacial score (nSPS) is 22.8. The lowest BCUT2D eigenvalue weighted by atomic mass is 9.85. The molecule has 0 saturated heterocycles. The van der Waals surface area contributed by atoms with E-state index < -0.39 is 16.6 Å². The van der Waals surface area contributed by atoms with Crippen LogP contribution in [-0.4, -0.2) is 18.9 Å². The first-order valence-corrected chi connectivity index (χ1v) is 5.97. The quantitative estimate of drug-likeness (QED) is 0.454. The molecule has 0 spiro atoms. The lowest BCUT2D eigenvalue weighted by Gasteiger charge is -2.27. The maximum Gasteiger partial charge on any atom is 0.339 e. The zero-order valence-electron chi connectivity index (χ0n) is 8.87. The van der Waals surface area contributed by atoms with E-state index in [-0.39, 0.29) is 0 Å². The number of carbonyl (C=O) groups excluding carboxylic acids is 2. The van der Waals surface area contributed by atoms with Crippen LogP contribution in [0.5, 0.6) is 0 Å². The van der Waals surface area contributed by atoms with Crippen LogP contribution in [-0.2, 0) is 19.2 Å². The van der Waals surface area contributed by atoms with E-state index in [1.807, 2.05) is 0 Å². The number of allylic oxidation sites excluding steroid dienone is 1. The highest BCUT2D eigenvalue weighted by atomic mass is 79.9. The Morgan fingerprint density at radius 2 is 2.06 bits per heavy atom. The Labute approximate surface area is 112 Å². The number of benzene rings is 1. The topological polar surface area (TPSA) is 43.4 Å². The first kappa shape index (κ1) is 12.3. The van der Waals surface area contributed by atoms with Crippen LogP contribution in [0, 0.1) is 0 Å². The van der Waals surface area contributed by atoms with E-state index in [0.717, 1.165) is 0 Å². The maximum atomic E-state index is 12.0. The van der Waals surface area contributed by atoms with Gasteiger partial charge in [0.15, 0.2) is 5.78 Å². The van der Waals surface area contributed by atoms with Gasteiger partial charge in [-0.15, -0.1) is 0 Å². The van der Waals surface area contributed by atoms with Gasteiger partial charge in [-0.1, -0.05) is 51.8 Å². The lowest BCUT2D eigenvalue weighted by Crippen LogP contribution is -2.41. The Kier molecular flexibility index (Phi) is 3.10. The molecule has 0 saturated carbocycles. The number of alkyl halides is 1. The van der Waals surface area contributed by atoms with Crippen molar-refractivity contribution >= 4 is 43.8 Å². The predicted molar refractivity (Wildman–Crippen MR) is 67.9 cm³/mol. The number of methoxy groups -OCH3 is 1. The Balaban J connectivity index is 2.71. The third kappa shape index (κ3) is 1.72. The summed E-state index contributed by atoms with van der Waals surface area (Å²) >= 11 is 9.46. The molecule has 1 aromatic carbocycles. The van der Waals surface area contributed by atoms with Crippen molar-refractivity contribution < 1.29 is 14.3 Å². The third-order valence-corrected chi connectivity index (χ3v) is 3.82. The Morgan fingerprint density at radius 3 is 2.71 bits per heavy atom. The second kappa shape index (κ2) is 4.27. The summed E-state index contributed by atoms with van der Waals surface area (Å²) in [6.07, 6.45) is 1.30. The summed E-state index contributed by atoms with van der Waals surface area (Å²) in [5.41, 5.74) is 1.15. The van der Waals surface area contributed by atoms with Crippen LogP contribution in [0.15, 0.2) is 30.3 Å². The second-order valence-corrected chi connectivity index (χ2v) is 4.97. The van der Waals surface area contributed by atoms with Crippen molar-refractivity contribution in [3.8, 4) is 0 Å². The van der Waals surface area contributed by atoms with E-state index in [1.54, 1.807) is 24.3 Å². The standard InChI is InChI=1S/C12H8BrClO3/c1-17-11(16)12(14)8-5-3-2-4-7(8)9(13)6-10(12)15/h2-6H,1H3/t12-/m1/s1. The number of rotatable bonds is 1. The largest absolute Gasteiger partial charge is 0.467 e. The molecular weight excluding hydrogens is 307 g/mol. The van der Waals surface area contributed by atoms with Crippen molar-refractivity contribution in [2.45, 2.75) is 4.87 Å². The van der Waals surface area contributed by atoms with Crippen LogP contribution in [0.4, 0.5) is 0 Å². The zero-order chi connectivity index (χ0) is 12.6. The SMILES string of the molecule is COC(=O)[C@]1(Cl)C(=O)C=C(Br)c2ccccc21. The number of fused-ring (bicyclic) bond motifs is 1. The van der Waals surface area contributed by atoms with Crippen molar-refractivity contribution in [1.82, 2.24) is 0 Å². The first-order chi connectivity index (χ1) is 8.01. The summed E-state index contributed by atoms with van der Waals surface area (Å²) in [7, 11) is 1.20. The molecule has 3 nitrogen and oxygen atoms in total. The number of hydrogen-bond donors (Lipinski definition) is 0. The molecule has 1 aliphatic rings. The molecule has 0 unspecified atom stereocenters. The molecule has 1 aromatic rings. The molecule has 0 radical (unpaired) electrons. The number of ether oxygens (including phenoxy) is 1. The molecule has 0 fully saturated rings. The lowest BCUT2D eigenvalue weighted by molar-refractivity contribution is -0.146. The van der Waals surface area contributed by atoms with E-state index in [2.05, 4.69) is 20.7 Å². The Bertz CT molecular complexity index is 538. The van der Waals surface area contributed by atoms with Gasteiger partial charge in [-0.2, -0.15) is 0 Å². The van der Waals surface area contributed by atoms with Gasteiger partial charge in [-0.25, -0.2) is 4.79 Å². The van der Waals surface area contributed by atoms with Gasteiger partial charge < -0.3 is 4.74 Å². The fourth-order valence-corrected chi connectivity index (χ4v) is 2.62. The molecule has 17 heavy (non-hydrogen) atoms. The maximum absolute atomic E-state index is 12.0. The molecule has 1 atom stereocenters. The van der Waals surface area contributed by atoms with Gasteiger partial charge in [-0.05, 0) is 11.6 Å². The summed E-state index contributed by atoms with van der Waals surface area (Å²) in [5.74, 6) is -1.27. The molecule has 0 aliphatic heterocycles. The highest BCUT2D eigenvalue weighted by molar-refractivity contribution is 9.15. The van der Waals surface area contributed by atoms with Crippen LogP contribution >= 0.6 is 27.5 Å². The van der Waals surface area contributed by atoms with Crippen molar-refractivity contribution in [2.24, 2.45) is 0 Å². The molecule has 0 bridgehead atoms. The van der Waals surface area contributed by atoms with E-state index in [1.165, 1.54) is 13.2 Å². The van der Waals surface area contributed by atoms with Gasteiger partial charge in [0.1, 0.15) is 0 Å². The predicted octanol–water partition coefficient (Wildman–Crippen LogP) is 2.61. The smallest absolute Gasteiger partial charge is 0.339 e. The van der Waals surface area contributed by atoms with Crippen molar-refractivity contribution in [2.75, 3.05) is 7.11 Å². The summed E-state index contributed by atoms with van der Waals surface area (Å²) in [4.78, 5) is 21.9. The number of esters is 1. The summed E-state index contributed by atoms with van der Waals surface area (Å²) in [6.45, 7) is 0. The third-order valence-electron chi connectivity index (χ3n) is 2.62. The van der Waals surface area contributed by atoms with Crippen molar-refractivity contribution in [3.05, 3.63) is 41.5 Å². The van der Waals surface area contributed by atoms with Gasteiger partial charge >= 0.3 is 5.97 Å². The van der Waals surface area contributed by atoms with E-state index in [9.17, 15) is 9.59 Å². The molecule has 1 aliphatic carbocycles. The van der Waals surface area contributed by atoms with E-state index >= 15 is 0 Å². The van der Waals surface area contributed by atoms with Gasteiger partial charge in [0, 0.05) is 10.0 Å². The molecule has 88 valence electrons. The Morgan fingerprint density at radius 1 is 1.41 bits per heavy atom. The fourth-order valence-electron chi connectivity index (χ4n) is 1.77. The van der Waals surface area contributed by atoms with Crippen LogP contribution in [0.25, 0.3) is 4.48 Å². The van der Waals surface area contributed by atoms with Gasteiger partial charge in [-0.3, -0.25) is 4.79 Å². The van der Waals surface area contributed by atoms with E-state index in [0.29, 0.717) is 15.6 Å². The summed E-state index contributed by atoms with van der Waals surface area (Å²) in [5, 5.41) is 0. The fraction of sp³-hybridized carbons (Fsp3) is 0.167. The molecule has 2 rings (SSSR count). The van der Waals surface area contributed by atoms with Crippen LogP contribution in [0.3, 0.4) is 0 Å². The first-order valence-electron chi connectivity index (χ1n) is 4.80. The molecule has 5 heteroatoms. The van der Waals surface area contributed by atoms with Gasteiger partial charge in [0.05, 0.1) is 7.11 Å². The minimum atomic E-state index is -1.78. The monoisotopic (exact) mass is 314 g/mol. The average molecular weight is 316 g/mol. The molecule has 0 aromatic heterocycles. The molecular formula is C12H8BrClO3. The summed E-state index contributed by atoms with van der Waals surface area (Å²) < 4.78 is 5.23. The Hall–Kier alpha value is -1.13. The summed E-state index contributed by atoms with van der Waals surface area (Å²) in [6, 6.07) is 6.95. The number of carbonyl (C=O) groups is 2. The molecule has 0 heterocycles. The van der Waals surface area contributed by atoms with Crippen molar-refractivity contribution in [1.29, 1.82) is 0 Å². The van der Waals surface area contributed by atoms with Crippen LogP contribution < -0.4 is 0 Å². The number of ketones is 1. The van der Waals surface area contributed by atoms with Gasteiger partial charge in [0.25, 0.3) is 0 Å². The van der Waals surface area contributed by atoms with E-state index in [4.69, 9.17) is 11.6 Å². The van der Waals surface area contributed by atoms with Crippen LogP contribution in [0.1, 0.15) is 11.1 Å². The minimum Gasteiger partial charge on any atom is -0.467 e. The zero-order valence-corrected chi connectivity index (χ0v) is 11.2. The second-order valence-electron chi connectivity index (χ2n) is 3.55. The minimum absolute atomic E-state index is 0.438. The molecule has 0 amide bonds. The average Bonchev–Trinajstić information content (AvgIpc) is 2.35.